The first-order valence-electron chi connectivity index (χ1n) is 6.88. The van der Waals surface area contributed by atoms with E-state index in [1.807, 2.05) is 17.0 Å². The van der Waals surface area contributed by atoms with Crippen LogP contribution in [0.15, 0.2) is 22.8 Å². The van der Waals surface area contributed by atoms with Gasteiger partial charge in [0, 0.05) is 32.1 Å². The van der Waals surface area contributed by atoms with E-state index in [4.69, 9.17) is 4.42 Å². The second kappa shape index (κ2) is 6.61. The van der Waals surface area contributed by atoms with Crippen molar-refractivity contribution < 1.29 is 9.21 Å². The number of piperidine rings is 1. The first-order valence-corrected chi connectivity index (χ1v) is 6.88. The Morgan fingerprint density at radius 3 is 3.11 bits per heavy atom. The van der Waals surface area contributed by atoms with E-state index in [0.29, 0.717) is 12.6 Å². The van der Waals surface area contributed by atoms with E-state index in [0.717, 1.165) is 31.7 Å². The Morgan fingerprint density at radius 2 is 2.42 bits per heavy atom. The van der Waals surface area contributed by atoms with Gasteiger partial charge in [0.2, 0.25) is 0 Å². The lowest BCUT2D eigenvalue weighted by molar-refractivity contribution is 0.140. The molecule has 1 saturated heterocycles. The normalized spacial score (nSPS) is 19.7. The molecule has 0 spiro atoms. The van der Waals surface area contributed by atoms with Gasteiger partial charge in [-0.25, -0.2) is 4.79 Å². The van der Waals surface area contributed by atoms with Crippen LogP contribution in [0.3, 0.4) is 0 Å². The number of carbonyl (C=O) groups is 1. The molecule has 0 aromatic carbocycles. The summed E-state index contributed by atoms with van der Waals surface area (Å²) in [5.41, 5.74) is 0. The van der Waals surface area contributed by atoms with Crippen molar-refractivity contribution in [3.8, 4) is 0 Å². The first-order chi connectivity index (χ1) is 9.16. The van der Waals surface area contributed by atoms with Gasteiger partial charge in [-0.1, -0.05) is 0 Å². The lowest BCUT2D eigenvalue weighted by atomic mass is 10.1. The van der Waals surface area contributed by atoms with Crippen LogP contribution in [0.25, 0.3) is 0 Å². The minimum Gasteiger partial charge on any atom is -0.469 e. The van der Waals surface area contributed by atoms with Crippen LogP contribution < -0.4 is 5.32 Å². The van der Waals surface area contributed by atoms with Gasteiger partial charge in [-0.3, -0.25) is 0 Å². The van der Waals surface area contributed by atoms with Crippen LogP contribution in [0, 0.1) is 0 Å². The molecule has 0 saturated carbocycles. The fourth-order valence-corrected chi connectivity index (χ4v) is 2.42. The summed E-state index contributed by atoms with van der Waals surface area (Å²) in [4.78, 5) is 16.2. The van der Waals surface area contributed by atoms with Crippen LogP contribution in [0.2, 0.25) is 0 Å². The first kappa shape index (κ1) is 13.9. The zero-order valence-electron chi connectivity index (χ0n) is 11.8. The van der Waals surface area contributed by atoms with Crippen LogP contribution >= 0.6 is 0 Å². The Morgan fingerprint density at radius 1 is 1.58 bits per heavy atom. The van der Waals surface area contributed by atoms with Gasteiger partial charge in [0.1, 0.15) is 5.76 Å². The standard InChI is InChI=1S/C14H23N3O2/c1-16(2)12-5-3-9-17(11-12)14(18)15-8-7-13-6-4-10-19-13/h4,6,10,12H,3,5,7-9,11H2,1-2H3,(H,15,18). The summed E-state index contributed by atoms with van der Waals surface area (Å²) in [5.74, 6) is 0.908. The molecule has 0 aliphatic carbocycles. The zero-order chi connectivity index (χ0) is 13.7. The molecule has 1 N–H and O–H groups in total. The molecule has 1 fully saturated rings. The molecule has 1 aromatic heterocycles. The Hall–Kier alpha value is -1.49. The van der Waals surface area contributed by atoms with E-state index < -0.39 is 0 Å². The van der Waals surface area contributed by atoms with Crippen LogP contribution in [0.4, 0.5) is 4.79 Å². The van der Waals surface area contributed by atoms with Gasteiger partial charge in [0.15, 0.2) is 0 Å². The molecule has 1 aliphatic rings. The molecule has 1 aromatic rings. The molecule has 19 heavy (non-hydrogen) atoms. The number of hydrogen-bond donors (Lipinski definition) is 1. The second-order valence-corrected chi connectivity index (χ2v) is 5.27. The molecule has 1 unspecified atom stereocenters. The average molecular weight is 265 g/mol. The maximum absolute atomic E-state index is 12.1. The largest absolute Gasteiger partial charge is 0.469 e. The molecule has 5 nitrogen and oxygen atoms in total. The van der Waals surface area contributed by atoms with E-state index >= 15 is 0 Å². The van der Waals surface area contributed by atoms with Crippen molar-refractivity contribution in [1.82, 2.24) is 15.1 Å². The van der Waals surface area contributed by atoms with Crippen molar-refractivity contribution in [1.29, 1.82) is 0 Å². The number of nitrogens with zero attached hydrogens (tertiary/aromatic N) is 2. The number of carbonyl (C=O) groups excluding carboxylic acids is 1. The third-order valence-electron chi connectivity index (χ3n) is 3.64. The van der Waals surface area contributed by atoms with E-state index in [2.05, 4.69) is 24.3 Å². The number of nitrogens with one attached hydrogen (secondary N) is 1. The van der Waals surface area contributed by atoms with E-state index in [9.17, 15) is 4.79 Å². The summed E-state index contributed by atoms with van der Waals surface area (Å²) in [6.45, 7) is 2.30. The number of rotatable bonds is 4. The fraction of sp³-hybridized carbons (Fsp3) is 0.643. The van der Waals surface area contributed by atoms with Crippen LogP contribution in [-0.2, 0) is 6.42 Å². The average Bonchev–Trinajstić information content (AvgIpc) is 2.92. The fourth-order valence-electron chi connectivity index (χ4n) is 2.42. The number of likely N-dealkylation sites (tertiary alicyclic amines) is 1. The molecular weight excluding hydrogens is 242 g/mol. The highest BCUT2D eigenvalue weighted by atomic mass is 16.3. The highest BCUT2D eigenvalue weighted by Crippen LogP contribution is 2.13. The topological polar surface area (TPSA) is 48.7 Å². The van der Waals surface area contributed by atoms with Gasteiger partial charge in [0.05, 0.1) is 6.26 Å². The summed E-state index contributed by atoms with van der Waals surface area (Å²) >= 11 is 0. The Bertz CT molecular complexity index is 389. The second-order valence-electron chi connectivity index (χ2n) is 5.27. The Balaban J connectivity index is 1.73. The van der Waals surface area contributed by atoms with Gasteiger partial charge >= 0.3 is 6.03 Å². The van der Waals surface area contributed by atoms with Crippen molar-refractivity contribution >= 4 is 6.03 Å². The molecule has 2 rings (SSSR count). The molecule has 0 bridgehead atoms. The van der Waals surface area contributed by atoms with E-state index in [1.165, 1.54) is 6.42 Å². The lowest BCUT2D eigenvalue weighted by Gasteiger charge is -2.36. The Kier molecular flexibility index (Phi) is 4.85. The zero-order valence-corrected chi connectivity index (χ0v) is 11.8. The van der Waals surface area contributed by atoms with E-state index in [-0.39, 0.29) is 6.03 Å². The van der Waals surface area contributed by atoms with Gasteiger partial charge in [0.25, 0.3) is 0 Å². The highest BCUT2D eigenvalue weighted by Gasteiger charge is 2.24. The van der Waals surface area contributed by atoms with Crippen molar-refractivity contribution in [3.05, 3.63) is 24.2 Å². The number of amides is 2. The summed E-state index contributed by atoms with van der Waals surface area (Å²) in [5, 5.41) is 2.96. The monoisotopic (exact) mass is 265 g/mol. The van der Waals surface area contributed by atoms with Crippen molar-refractivity contribution in [2.24, 2.45) is 0 Å². The predicted octanol–water partition coefficient (Wildman–Crippen LogP) is 1.56. The Labute approximate surface area is 114 Å². The molecule has 0 radical (unpaired) electrons. The molecule has 106 valence electrons. The number of furan rings is 1. The van der Waals surface area contributed by atoms with Gasteiger partial charge in [-0.05, 0) is 39.1 Å². The van der Waals surface area contributed by atoms with Gasteiger partial charge < -0.3 is 19.5 Å². The molecule has 5 heteroatoms. The van der Waals surface area contributed by atoms with Crippen LogP contribution in [-0.4, -0.2) is 55.6 Å². The summed E-state index contributed by atoms with van der Waals surface area (Å²) in [6.07, 6.45) is 4.64. The molecule has 2 heterocycles. The predicted molar refractivity (Wildman–Crippen MR) is 74.1 cm³/mol. The third kappa shape index (κ3) is 3.99. The van der Waals surface area contributed by atoms with Crippen LogP contribution in [0.1, 0.15) is 18.6 Å². The quantitative estimate of drug-likeness (QED) is 0.898. The lowest BCUT2D eigenvalue weighted by Crippen LogP contribution is -2.50. The number of urea groups is 1. The number of hydrogen-bond acceptors (Lipinski definition) is 3. The van der Waals surface area contributed by atoms with Gasteiger partial charge in [-0.15, -0.1) is 0 Å². The third-order valence-corrected chi connectivity index (χ3v) is 3.64. The summed E-state index contributed by atoms with van der Waals surface area (Å²) in [6, 6.07) is 4.31. The SMILES string of the molecule is CN(C)C1CCCN(C(=O)NCCc2ccco2)C1. The minimum atomic E-state index is 0.0399. The van der Waals surface area contributed by atoms with Crippen molar-refractivity contribution in [2.45, 2.75) is 25.3 Å². The molecule has 2 amide bonds. The number of likely N-dealkylation sites (N-methyl/N-ethyl adjacent to an activating group) is 1. The smallest absolute Gasteiger partial charge is 0.317 e. The minimum absolute atomic E-state index is 0.0399. The summed E-state index contributed by atoms with van der Waals surface area (Å²) < 4.78 is 5.24. The summed E-state index contributed by atoms with van der Waals surface area (Å²) in [7, 11) is 4.14. The molecule has 1 aliphatic heterocycles. The molecular formula is C14H23N3O2. The van der Waals surface area contributed by atoms with E-state index in [1.54, 1.807) is 6.26 Å². The van der Waals surface area contributed by atoms with Crippen molar-refractivity contribution in [2.75, 3.05) is 33.7 Å². The van der Waals surface area contributed by atoms with Crippen LogP contribution in [0.5, 0.6) is 0 Å². The van der Waals surface area contributed by atoms with Crippen molar-refractivity contribution in [3.63, 3.8) is 0 Å². The van der Waals surface area contributed by atoms with Gasteiger partial charge in [-0.2, -0.15) is 0 Å². The maximum Gasteiger partial charge on any atom is 0.317 e. The highest BCUT2D eigenvalue weighted by molar-refractivity contribution is 5.74. The maximum atomic E-state index is 12.1. The molecule has 1 atom stereocenters.